The number of aliphatic hydroxyl groups is 1. The summed E-state index contributed by atoms with van der Waals surface area (Å²) in [6.07, 6.45) is 4.34. The number of nitrogens with one attached hydrogen (secondary N) is 1. The second-order valence-corrected chi connectivity index (χ2v) is 6.23. The first-order valence-electron chi connectivity index (χ1n) is 8.33. The van der Waals surface area contributed by atoms with Crippen LogP contribution in [0.5, 0.6) is 0 Å². The first-order chi connectivity index (χ1) is 10.6. The maximum atomic E-state index is 12.2. The van der Waals surface area contributed by atoms with E-state index in [2.05, 4.69) is 10.2 Å². The van der Waals surface area contributed by atoms with Crippen molar-refractivity contribution in [3.8, 4) is 0 Å². The van der Waals surface area contributed by atoms with Gasteiger partial charge in [-0.25, -0.2) is 0 Å². The maximum Gasteiger partial charge on any atom is 0.251 e. The van der Waals surface area contributed by atoms with E-state index >= 15 is 0 Å². The summed E-state index contributed by atoms with van der Waals surface area (Å²) in [5.74, 6) is 0.0237. The number of hydrogen-bond donors (Lipinski definition) is 2. The number of carbonyl (C=O) groups is 1. The SMILES string of the molecule is Cc1cccc(C(=O)NCCCCN2CCCC2CO)c1C. The van der Waals surface area contributed by atoms with Crippen molar-refractivity contribution < 1.29 is 9.90 Å². The third kappa shape index (κ3) is 4.31. The largest absolute Gasteiger partial charge is 0.395 e. The van der Waals surface area contributed by atoms with Crippen molar-refractivity contribution in [1.82, 2.24) is 10.2 Å². The lowest BCUT2D eigenvalue weighted by Crippen LogP contribution is -2.33. The van der Waals surface area contributed by atoms with Gasteiger partial charge in [0.15, 0.2) is 0 Å². The molecule has 22 heavy (non-hydrogen) atoms. The molecule has 1 aromatic rings. The van der Waals surface area contributed by atoms with Gasteiger partial charge in [-0.2, -0.15) is 0 Å². The van der Waals surface area contributed by atoms with Gasteiger partial charge in [0.1, 0.15) is 0 Å². The summed E-state index contributed by atoms with van der Waals surface area (Å²) in [5.41, 5.74) is 2.99. The summed E-state index contributed by atoms with van der Waals surface area (Å²) in [4.78, 5) is 14.5. The summed E-state index contributed by atoms with van der Waals surface area (Å²) < 4.78 is 0. The van der Waals surface area contributed by atoms with Crippen LogP contribution in [0.15, 0.2) is 18.2 Å². The summed E-state index contributed by atoms with van der Waals surface area (Å²) in [7, 11) is 0. The Bertz CT molecular complexity index is 502. The minimum atomic E-state index is 0.0237. The first-order valence-corrected chi connectivity index (χ1v) is 8.33. The van der Waals surface area contributed by atoms with Gasteiger partial charge in [0.25, 0.3) is 5.91 Å². The Kier molecular flexibility index (Phi) is 6.40. The van der Waals surface area contributed by atoms with Crippen molar-refractivity contribution in [2.45, 2.75) is 45.6 Å². The molecule has 4 nitrogen and oxygen atoms in total. The van der Waals surface area contributed by atoms with Crippen LogP contribution >= 0.6 is 0 Å². The zero-order valence-electron chi connectivity index (χ0n) is 13.8. The van der Waals surface area contributed by atoms with Gasteiger partial charge in [0.05, 0.1) is 6.61 Å². The quantitative estimate of drug-likeness (QED) is 0.760. The van der Waals surface area contributed by atoms with E-state index in [-0.39, 0.29) is 12.5 Å². The van der Waals surface area contributed by atoms with Crippen LogP contribution in [0.3, 0.4) is 0 Å². The summed E-state index contributed by atoms with van der Waals surface area (Å²) in [5, 5.41) is 12.3. The van der Waals surface area contributed by atoms with Crippen LogP contribution in [0.25, 0.3) is 0 Å². The fourth-order valence-electron chi connectivity index (χ4n) is 3.13. The molecular formula is C18H28N2O2. The molecule has 1 aliphatic heterocycles. The summed E-state index contributed by atoms with van der Waals surface area (Å²) in [6.45, 7) is 7.12. The van der Waals surface area contributed by atoms with Gasteiger partial charge in [0, 0.05) is 18.2 Å². The van der Waals surface area contributed by atoms with Gasteiger partial charge in [-0.3, -0.25) is 9.69 Å². The van der Waals surface area contributed by atoms with E-state index < -0.39 is 0 Å². The second-order valence-electron chi connectivity index (χ2n) is 6.23. The fourth-order valence-corrected chi connectivity index (χ4v) is 3.13. The predicted octanol–water partition coefficient (Wildman–Crippen LogP) is 2.27. The van der Waals surface area contributed by atoms with Gasteiger partial charge in [0.2, 0.25) is 0 Å². The number of unbranched alkanes of at least 4 members (excludes halogenated alkanes) is 1. The number of amides is 1. The highest BCUT2D eigenvalue weighted by molar-refractivity contribution is 5.95. The molecule has 0 spiro atoms. The molecule has 4 heteroatoms. The van der Waals surface area contributed by atoms with Crippen molar-refractivity contribution in [2.75, 3.05) is 26.2 Å². The van der Waals surface area contributed by atoms with Crippen LogP contribution in [-0.2, 0) is 0 Å². The molecule has 1 saturated heterocycles. The van der Waals surface area contributed by atoms with Crippen molar-refractivity contribution in [1.29, 1.82) is 0 Å². The Morgan fingerprint density at radius 2 is 2.18 bits per heavy atom. The first kappa shape index (κ1) is 17.0. The van der Waals surface area contributed by atoms with Crippen LogP contribution in [0.1, 0.15) is 47.2 Å². The molecular weight excluding hydrogens is 276 g/mol. The zero-order valence-corrected chi connectivity index (χ0v) is 13.8. The lowest BCUT2D eigenvalue weighted by molar-refractivity contribution is 0.0951. The van der Waals surface area contributed by atoms with Crippen LogP contribution in [0.2, 0.25) is 0 Å². The van der Waals surface area contributed by atoms with Crippen molar-refractivity contribution >= 4 is 5.91 Å². The Morgan fingerprint density at radius 1 is 1.36 bits per heavy atom. The highest BCUT2D eigenvalue weighted by atomic mass is 16.3. The zero-order chi connectivity index (χ0) is 15.9. The van der Waals surface area contributed by atoms with Crippen LogP contribution < -0.4 is 5.32 Å². The topological polar surface area (TPSA) is 52.6 Å². The van der Waals surface area contributed by atoms with Crippen molar-refractivity contribution in [3.63, 3.8) is 0 Å². The smallest absolute Gasteiger partial charge is 0.251 e. The minimum absolute atomic E-state index is 0.0237. The summed E-state index contributed by atoms with van der Waals surface area (Å²) in [6, 6.07) is 6.19. The van der Waals surface area contributed by atoms with E-state index in [1.165, 1.54) is 6.42 Å². The lowest BCUT2D eigenvalue weighted by atomic mass is 10.0. The molecule has 0 aromatic heterocycles. The molecule has 1 aromatic carbocycles. The Morgan fingerprint density at radius 3 is 2.95 bits per heavy atom. The van der Waals surface area contributed by atoms with E-state index in [1.807, 2.05) is 32.0 Å². The molecule has 2 rings (SSSR count). The Hall–Kier alpha value is -1.39. The van der Waals surface area contributed by atoms with Gasteiger partial charge >= 0.3 is 0 Å². The average Bonchev–Trinajstić information content (AvgIpc) is 2.97. The second kappa shape index (κ2) is 8.30. The third-order valence-electron chi connectivity index (χ3n) is 4.72. The number of carbonyl (C=O) groups excluding carboxylic acids is 1. The molecule has 0 radical (unpaired) electrons. The number of aliphatic hydroxyl groups excluding tert-OH is 1. The fraction of sp³-hybridized carbons (Fsp3) is 0.611. The molecule has 1 fully saturated rings. The van der Waals surface area contributed by atoms with Gasteiger partial charge in [-0.1, -0.05) is 12.1 Å². The highest BCUT2D eigenvalue weighted by Gasteiger charge is 2.22. The van der Waals surface area contributed by atoms with Gasteiger partial charge in [-0.05, 0) is 69.8 Å². The van der Waals surface area contributed by atoms with Crippen LogP contribution in [-0.4, -0.2) is 48.2 Å². The van der Waals surface area contributed by atoms with Crippen molar-refractivity contribution in [2.24, 2.45) is 0 Å². The number of benzene rings is 1. The maximum absolute atomic E-state index is 12.2. The van der Waals surface area contributed by atoms with E-state index in [0.29, 0.717) is 12.6 Å². The minimum Gasteiger partial charge on any atom is -0.395 e. The molecule has 1 atom stereocenters. The average molecular weight is 304 g/mol. The standard InChI is InChI=1S/C18H28N2O2/c1-14-7-5-9-17(15(14)2)18(22)19-10-3-4-11-20-12-6-8-16(20)13-21/h5,7,9,16,21H,3-4,6,8,10-13H2,1-2H3,(H,19,22). The van der Waals surface area contributed by atoms with E-state index in [1.54, 1.807) is 0 Å². The van der Waals surface area contributed by atoms with Gasteiger partial charge < -0.3 is 10.4 Å². The van der Waals surface area contributed by atoms with Crippen LogP contribution in [0.4, 0.5) is 0 Å². The summed E-state index contributed by atoms with van der Waals surface area (Å²) >= 11 is 0. The van der Waals surface area contributed by atoms with Crippen molar-refractivity contribution in [3.05, 3.63) is 34.9 Å². The van der Waals surface area contributed by atoms with E-state index in [4.69, 9.17) is 0 Å². The van der Waals surface area contributed by atoms with E-state index in [9.17, 15) is 9.90 Å². The van der Waals surface area contributed by atoms with Gasteiger partial charge in [-0.15, -0.1) is 0 Å². The highest BCUT2D eigenvalue weighted by Crippen LogP contribution is 2.17. The molecule has 2 N–H and O–H groups in total. The normalized spacial score (nSPS) is 18.6. The molecule has 1 heterocycles. The monoisotopic (exact) mass is 304 g/mol. The molecule has 122 valence electrons. The molecule has 0 bridgehead atoms. The number of rotatable bonds is 7. The van der Waals surface area contributed by atoms with E-state index in [0.717, 1.165) is 49.0 Å². The number of nitrogens with zero attached hydrogens (tertiary/aromatic N) is 1. The Balaban J connectivity index is 1.68. The number of aryl methyl sites for hydroxylation is 1. The predicted molar refractivity (Wildman–Crippen MR) is 89.2 cm³/mol. The lowest BCUT2D eigenvalue weighted by Gasteiger charge is -2.22. The third-order valence-corrected chi connectivity index (χ3v) is 4.72. The van der Waals surface area contributed by atoms with Crippen LogP contribution in [0, 0.1) is 13.8 Å². The Labute approximate surface area is 133 Å². The molecule has 1 unspecified atom stereocenters. The number of likely N-dealkylation sites (tertiary alicyclic amines) is 1. The number of hydrogen-bond acceptors (Lipinski definition) is 3. The molecule has 1 aliphatic rings. The molecule has 0 saturated carbocycles. The molecule has 0 aliphatic carbocycles. The molecule has 1 amide bonds.